The zero-order valence-corrected chi connectivity index (χ0v) is 12.8. The Kier molecular flexibility index (Phi) is 5.18. The van der Waals surface area contributed by atoms with Gasteiger partial charge in [0, 0.05) is 17.6 Å². The van der Waals surface area contributed by atoms with Crippen molar-refractivity contribution in [2.45, 2.75) is 46.1 Å². The Balaban J connectivity index is 2.10. The fourth-order valence-electron chi connectivity index (χ4n) is 3.16. The van der Waals surface area contributed by atoms with E-state index >= 15 is 0 Å². The third-order valence-electron chi connectivity index (χ3n) is 4.39. The fraction of sp³-hybridized carbons (Fsp3) is 0.588. The SMILES string of the molecule is CCNC(C)c1ccccc1NC(=O)C1CCCC1C. The monoisotopic (exact) mass is 274 g/mol. The molecule has 3 heteroatoms. The lowest BCUT2D eigenvalue weighted by molar-refractivity contribution is -0.120. The van der Waals surface area contributed by atoms with Crippen molar-refractivity contribution in [3.05, 3.63) is 29.8 Å². The molecule has 1 aromatic rings. The predicted molar refractivity (Wildman–Crippen MR) is 83.7 cm³/mol. The van der Waals surface area contributed by atoms with Crippen molar-refractivity contribution in [3.8, 4) is 0 Å². The van der Waals surface area contributed by atoms with Gasteiger partial charge >= 0.3 is 0 Å². The highest BCUT2D eigenvalue weighted by Gasteiger charge is 2.30. The first-order valence-corrected chi connectivity index (χ1v) is 7.76. The van der Waals surface area contributed by atoms with Crippen LogP contribution in [0.3, 0.4) is 0 Å². The van der Waals surface area contributed by atoms with Crippen LogP contribution in [0.5, 0.6) is 0 Å². The van der Waals surface area contributed by atoms with Gasteiger partial charge in [-0.25, -0.2) is 0 Å². The summed E-state index contributed by atoms with van der Waals surface area (Å²) < 4.78 is 0. The molecule has 110 valence electrons. The van der Waals surface area contributed by atoms with Crippen molar-refractivity contribution >= 4 is 11.6 Å². The van der Waals surface area contributed by atoms with Gasteiger partial charge in [-0.05, 0) is 43.9 Å². The topological polar surface area (TPSA) is 41.1 Å². The molecule has 0 radical (unpaired) electrons. The average Bonchev–Trinajstić information content (AvgIpc) is 2.86. The highest BCUT2D eigenvalue weighted by atomic mass is 16.1. The number of anilines is 1. The number of benzene rings is 1. The molecule has 0 aliphatic heterocycles. The molecular formula is C17H26N2O. The summed E-state index contributed by atoms with van der Waals surface area (Å²) in [7, 11) is 0. The van der Waals surface area contributed by atoms with Crippen LogP contribution in [0.1, 0.15) is 51.6 Å². The van der Waals surface area contributed by atoms with Crippen molar-refractivity contribution in [2.75, 3.05) is 11.9 Å². The molecule has 2 N–H and O–H groups in total. The van der Waals surface area contributed by atoms with Gasteiger partial charge in [-0.2, -0.15) is 0 Å². The molecule has 0 spiro atoms. The summed E-state index contributed by atoms with van der Waals surface area (Å²) in [5.41, 5.74) is 2.11. The summed E-state index contributed by atoms with van der Waals surface area (Å²) in [5.74, 6) is 0.872. The largest absolute Gasteiger partial charge is 0.326 e. The lowest BCUT2D eigenvalue weighted by Gasteiger charge is -2.20. The number of hydrogen-bond donors (Lipinski definition) is 2. The first kappa shape index (κ1) is 15.0. The van der Waals surface area contributed by atoms with Crippen LogP contribution < -0.4 is 10.6 Å². The molecule has 1 saturated carbocycles. The van der Waals surface area contributed by atoms with Crippen molar-refractivity contribution in [1.82, 2.24) is 5.32 Å². The zero-order chi connectivity index (χ0) is 14.5. The van der Waals surface area contributed by atoms with Gasteiger partial charge in [-0.15, -0.1) is 0 Å². The lowest BCUT2D eigenvalue weighted by Crippen LogP contribution is -2.26. The summed E-state index contributed by atoms with van der Waals surface area (Å²) in [6, 6.07) is 8.34. The molecule has 2 rings (SSSR count). The predicted octanol–water partition coefficient (Wildman–Crippen LogP) is 3.73. The molecule has 3 unspecified atom stereocenters. The minimum atomic E-state index is 0.178. The van der Waals surface area contributed by atoms with Gasteiger partial charge in [0.05, 0.1) is 0 Å². The van der Waals surface area contributed by atoms with Crippen LogP contribution in [0.25, 0.3) is 0 Å². The molecule has 3 atom stereocenters. The van der Waals surface area contributed by atoms with E-state index < -0.39 is 0 Å². The van der Waals surface area contributed by atoms with E-state index in [9.17, 15) is 4.79 Å². The Morgan fingerprint density at radius 1 is 1.35 bits per heavy atom. The van der Waals surface area contributed by atoms with E-state index in [1.165, 1.54) is 12.8 Å². The Bertz CT molecular complexity index is 458. The normalized spacial score (nSPS) is 23.6. The maximum absolute atomic E-state index is 12.4. The molecule has 1 aliphatic carbocycles. The molecular weight excluding hydrogens is 248 g/mol. The fourth-order valence-corrected chi connectivity index (χ4v) is 3.16. The third-order valence-corrected chi connectivity index (χ3v) is 4.39. The van der Waals surface area contributed by atoms with Crippen molar-refractivity contribution in [3.63, 3.8) is 0 Å². The van der Waals surface area contributed by atoms with E-state index in [0.29, 0.717) is 5.92 Å². The zero-order valence-electron chi connectivity index (χ0n) is 12.8. The highest BCUT2D eigenvalue weighted by Crippen LogP contribution is 2.32. The number of carbonyl (C=O) groups excluding carboxylic acids is 1. The summed E-state index contributed by atoms with van der Waals surface area (Å²) in [6.45, 7) is 7.33. The van der Waals surface area contributed by atoms with Gasteiger partial charge in [0.25, 0.3) is 0 Å². The second-order valence-electron chi connectivity index (χ2n) is 5.87. The van der Waals surface area contributed by atoms with Gasteiger partial charge in [0.15, 0.2) is 0 Å². The van der Waals surface area contributed by atoms with Crippen molar-refractivity contribution < 1.29 is 4.79 Å². The van der Waals surface area contributed by atoms with Gasteiger partial charge in [0.2, 0.25) is 5.91 Å². The molecule has 1 aliphatic rings. The molecule has 20 heavy (non-hydrogen) atoms. The Morgan fingerprint density at radius 3 is 2.75 bits per heavy atom. The van der Waals surface area contributed by atoms with Crippen LogP contribution in [0, 0.1) is 11.8 Å². The minimum absolute atomic E-state index is 0.178. The van der Waals surface area contributed by atoms with E-state index in [1.807, 2.05) is 18.2 Å². The summed E-state index contributed by atoms with van der Waals surface area (Å²) >= 11 is 0. The van der Waals surface area contributed by atoms with Crippen LogP contribution in [-0.4, -0.2) is 12.5 Å². The van der Waals surface area contributed by atoms with Crippen molar-refractivity contribution in [1.29, 1.82) is 0 Å². The summed E-state index contributed by atoms with van der Waals surface area (Å²) in [6.07, 6.45) is 3.38. The number of nitrogens with one attached hydrogen (secondary N) is 2. The van der Waals surface area contributed by atoms with E-state index in [-0.39, 0.29) is 17.9 Å². The van der Waals surface area contributed by atoms with Crippen LogP contribution in [0.2, 0.25) is 0 Å². The second kappa shape index (κ2) is 6.89. The van der Waals surface area contributed by atoms with Crippen LogP contribution >= 0.6 is 0 Å². The molecule has 1 aromatic carbocycles. The maximum Gasteiger partial charge on any atom is 0.227 e. The van der Waals surface area contributed by atoms with Gasteiger partial charge < -0.3 is 10.6 Å². The minimum Gasteiger partial charge on any atom is -0.326 e. The summed E-state index contributed by atoms with van der Waals surface area (Å²) in [5, 5.41) is 6.55. The molecule has 0 aromatic heterocycles. The van der Waals surface area contributed by atoms with Crippen LogP contribution in [0.4, 0.5) is 5.69 Å². The Morgan fingerprint density at radius 2 is 2.10 bits per heavy atom. The van der Waals surface area contributed by atoms with Gasteiger partial charge in [0.1, 0.15) is 0 Å². The van der Waals surface area contributed by atoms with E-state index in [4.69, 9.17) is 0 Å². The maximum atomic E-state index is 12.4. The number of para-hydroxylation sites is 1. The molecule has 3 nitrogen and oxygen atoms in total. The smallest absolute Gasteiger partial charge is 0.227 e. The van der Waals surface area contributed by atoms with E-state index in [1.54, 1.807) is 0 Å². The van der Waals surface area contributed by atoms with Crippen molar-refractivity contribution in [2.24, 2.45) is 11.8 Å². The highest BCUT2D eigenvalue weighted by molar-refractivity contribution is 5.93. The van der Waals surface area contributed by atoms with Gasteiger partial charge in [-0.3, -0.25) is 4.79 Å². The quantitative estimate of drug-likeness (QED) is 0.859. The molecule has 0 heterocycles. The first-order valence-electron chi connectivity index (χ1n) is 7.76. The number of hydrogen-bond acceptors (Lipinski definition) is 2. The van der Waals surface area contributed by atoms with Crippen LogP contribution in [0.15, 0.2) is 24.3 Å². The number of amides is 1. The molecule has 1 amide bonds. The standard InChI is InChI=1S/C17H26N2O/c1-4-18-13(3)15-9-5-6-11-16(15)19-17(20)14-10-7-8-12(14)2/h5-6,9,11-14,18H,4,7-8,10H2,1-3H3,(H,19,20). The van der Waals surface area contributed by atoms with E-state index in [2.05, 4.69) is 37.5 Å². The number of rotatable bonds is 5. The molecule has 0 saturated heterocycles. The third kappa shape index (κ3) is 3.40. The summed E-state index contributed by atoms with van der Waals surface area (Å²) in [4.78, 5) is 12.4. The average molecular weight is 274 g/mol. The van der Waals surface area contributed by atoms with Gasteiger partial charge in [-0.1, -0.05) is 38.5 Å². The van der Waals surface area contributed by atoms with Crippen LogP contribution in [-0.2, 0) is 4.79 Å². The number of carbonyl (C=O) groups is 1. The first-order chi connectivity index (χ1) is 9.63. The molecule has 1 fully saturated rings. The second-order valence-corrected chi connectivity index (χ2v) is 5.87. The molecule has 0 bridgehead atoms. The Hall–Kier alpha value is -1.35. The lowest BCUT2D eigenvalue weighted by atomic mass is 9.96. The Labute approximate surface area is 122 Å². The van der Waals surface area contributed by atoms with E-state index in [0.717, 1.165) is 24.2 Å².